The third-order valence-corrected chi connectivity index (χ3v) is 6.54. The van der Waals surface area contributed by atoms with E-state index in [0.29, 0.717) is 6.04 Å². The van der Waals surface area contributed by atoms with E-state index in [9.17, 15) is 0 Å². The van der Waals surface area contributed by atoms with Crippen LogP contribution < -0.4 is 4.90 Å². The lowest BCUT2D eigenvalue weighted by atomic mass is 10.0. The second-order valence-corrected chi connectivity index (χ2v) is 8.31. The van der Waals surface area contributed by atoms with E-state index in [-0.39, 0.29) is 0 Å². The van der Waals surface area contributed by atoms with E-state index in [2.05, 4.69) is 87.4 Å². The molecule has 0 heterocycles. The van der Waals surface area contributed by atoms with Crippen molar-refractivity contribution in [3.63, 3.8) is 0 Å². The lowest BCUT2D eigenvalue weighted by Gasteiger charge is -2.39. The highest BCUT2D eigenvalue weighted by molar-refractivity contribution is 5.49. The van der Waals surface area contributed by atoms with Gasteiger partial charge in [0.1, 0.15) is 0 Å². The van der Waals surface area contributed by atoms with Crippen LogP contribution in [-0.2, 0) is 12.8 Å². The molecule has 3 rings (SSSR count). The number of rotatable bonds is 8. The van der Waals surface area contributed by atoms with Crippen LogP contribution in [0.4, 0.5) is 5.69 Å². The molecule has 1 aliphatic carbocycles. The lowest BCUT2D eigenvalue weighted by molar-refractivity contribution is -0.913. The number of para-hydroxylation sites is 1. The third-order valence-electron chi connectivity index (χ3n) is 6.54. The van der Waals surface area contributed by atoms with E-state index in [1.165, 1.54) is 49.0 Å². The van der Waals surface area contributed by atoms with Gasteiger partial charge in [0.15, 0.2) is 0 Å². The molecule has 0 fully saturated rings. The first-order valence-corrected chi connectivity index (χ1v) is 10.3. The van der Waals surface area contributed by atoms with Crippen LogP contribution in [0.5, 0.6) is 0 Å². The van der Waals surface area contributed by atoms with Crippen LogP contribution >= 0.6 is 0 Å². The van der Waals surface area contributed by atoms with Gasteiger partial charge in [0.25, 0.3) is 0 Å². The Morgan fingerprint density at radius 3 is 2.04 bits per heavy atom. The van der Waals surface area contributed by atoms with E-state index in [4.69, 9.17) is 0 Å². The Hall–Kier alpha value is -1.80. The molecule has 2 aromatic rings. The predicted octanol–water partition coefficient (Wildman–Crippen LogP) is 4.93. The maximum Gasteiger partial charge on any atom is 0.0900 e. The zero-order valence-electron chi connectivity index (χ0n) is 17.0. The maximum absolute atomic E-state index is 2.68. The van der Waals surface area contributed by atoms with Gasteiger partial charge < -0.3 is 9.38 Å². The fourth-order valence-electron chi connectivity index (χ4n) is 4.49. The molecule has 26 heavy (non-hydrogen) atoms. The molecule has 0 amide bonds. The largest absolute Gasteiger partial charge is 0.368 e. The quantitative estimate of drug-likeness (QED) is 0.610. The first-order valence-electron chi connectivity index (χ1n) is 10.3. The smallest absolute Gasteiger partial charge is 0.0900 e. The monoisotopic (exact) mass is 351 g/mol. The van der Waals surface area contributed by atoms with Crippen LogP contribution in [0.3, 0.4) is 0 Å². The van der Waals surface area contributed by atoms with Crippen molar-refractivity contribution in [3.05, 3.63) is 65.7 Å². The molecule has 0 spiro atoms. The Labute approximate surface area is 160 Å². The van der Waals surface area contributed by atoms with Gasteiger partial charge >= 0.3 is 0 Å². The minimum absolute atomic E-state index is 0.588. The van der Waals surface area contributed by atoms with Gasteiger partial charge in [-0.2, -0.15) is 0 Å². The van der Waals surface area contributed by atoms with Crippen LogP contribution in [0.1, 0.15) is 37.8 Å². The molecule has 0 bridgehead atoms. The van der Waals surface area contributed by atoms with Gasteiger partial charge in [-0.05, 0) is 49.4 Å². The van der Waals surface area contributed by atoms with Crippen molar-refractivity contribution in [2.24, 2.45) is 0 Å². The Balaban J connectivity index is 1.77. The summed E-state index contributed by atoms with van der Waals surface area (Å²) in [6.07, 6.45) is 4.84. The number of hydrogen-bond acceptors (Lipinski definition) is 1. The number of benzene rings is 2. The lowest BCUT2D eigenvalue weighted by Crippen LogP contribution is -2.50. The highest BCUT2D eigenvalue weighted by Gasteiger charge is 2.30. The van der Waals surface area contributed by atoms with Crippen LogP contribution in [-0.4, -0.2) is 43.8 Å². The molecular weight excluding hydrogens is 316 g/mol. The SMILES string of the molecule is CC[C@@H](CCN(c1ccccc1)C1Cc2ccccc2C1)[N+](C)(C)CC. The van der Waals surface area contributed by atoms with Gasteiger partial charge in [0.2, 0.25) is 0 Å². The Morgan fingerprint density at radius 1 is 0.923 bits per heavy atom. The number of hydrogen-bond donors (Lipinski definition) is 0. The van der Waals surface area contributed by atoms with Gasteiger partial charge in [-0.3, -0.25) is 0 Å². The summed E-state index contributed by atoms with van der Waals surface area (Å²) in [5.41, 5.74) is 4.45. The molecule has 0 aromatic heterocycles. The average Bonchev–Trinajstić information content (AvgIpc) is 3.09. The van der Waals surface area contributed by atoms with Crippen molar-refractivity contribution < 1.29 is 4.48 Å². The number of nitrogens with zero attached hydrogens (tertiary/aromatic N) is 2. The maximum atomic E-state index is 2.68. The highest BCUT2D eigenvalue weighted by atomic mass is 15.3. The summed E-state index contributed by atoms with van der Waals surface area (Å²) in [6.45, 7) is 6.99. The van der Waals surface area contributed by atoms with Crippen molar-refractivity contribution in [3.8, 4) is 0 Å². The highest BCUT2D eigenvalue weighted by Crippen LogP contribution is 2.29. The van der Waals surface area contributed by atoms with Gasteiger partial charge in [-0.1, -0.05) is 49.4 Å². The second-order valence-electron chi connectivity index (χ2n) is 8.31. The summed E-state index contributed by atoms with van der Waals surface area (Å²) in [5, 5.41) is 0. The van der Waals surface area contributed by atoms with Gasteiger partial charge in [0.05, 0.1) is 26.7 Å². The molecule has 0 saturated heterocycles. The minimum Gasteiger partial charge on any atom is -0.368 e. The third kappa shape index (κ3) is 4.12. The summed E-state index contributed by atoms with van der Waals surface area (Å²) in [5.74, 6) is 0. The van der Waals surface area contributed by atoms with E-state index >= 15 is 0 Å². The van der Waals surface area contributed by atoms with Crippen LogP contribution in [0.2, 0.25) is 0 Å². The van der Waals surface area contributed by atoms with Crippen molar-refractivity contribution >= 4 is 5.69 Å². The van der Waals surface area contributed by atoms with Crippen molar-refractivity contribution in [2.45, 2.75) is 51.6 Å². The summed E-state index contributed by atoms with van der Waals surface area (Å²) >= 11 is 0. The van der Waals surface area contributed by atoms with Crippen LogP contribution in [0, 0.1) is 0 Å². The predicted molar refractivity (Wildman–Crippen MR) is 113 cm³/mol. The van der Waals surface area contributed by atoms with E-state index in [0.717, 1.165) is 17.1 Å². The number of fused-ring (bicyclic) bond motifs is 1. The molecule has 2 nitrogen and oxygen atoms in total. The molecule has 0 radical (unpaired) electrons. The van der Waals surface area contributed by atoms with Crippen molar-refractivity contribution in [2.75, 3.05) is 32.1 Å². The molecule has 1 atom stereocenters. The van der Waals surface area contributed by atoms with Crippen molar-refractivity contribution in [1.29, 1.82) is 0 Å². The molecular formula is C24H35N2+. The van der Waals surface area contributed by atoms with E-state index < -0.39 is 0 Å². The van der Waals surface area contributed by atoms with Crippen molar-refractivity contribution in [1.82, 2.24) is 0 Å². The second kappa shape index (κ2) is 8.26. The van der Waals surface area contributed by atoms with Gasteiger partial charge in [0, 0.05) is 24.7 Å². The molecule has 0 unspecified atom stereocenters. The Bertz CT molecular complexity index is 667. The normalized spacial score (nSPS) is 15.7. The molecule has 0 N–H and O–H groups in total. The summed E-state index contributed by atoms with van der Waals surface area (Å²) in [7, 11) is 4.76. The summed E-state index contributed by atoms with van der Waals surface area (Å²) in [6, 6.07) is 21.3. The van der Waals surface area contributed by atoms with Crippen LogP contribution in [0.15, 0.2) is 54.6 Å². The summed E-state index contributed by atoms with van der Waals surface area (Å²) < 4.78 is 1.12. The van der Waals surface area contributed by atoms with E-state index in [1.807, 2.05) is 0 Å². The molecule has 2 aromatic carbocycles. The first kappa shape index (κ1) is 19.0. The van der Waals surface area contributed by atoms with Gasteiger partial charge in [-0.15, -0.1) is 0 Å². The number of quaternary nitrogens is 1. The van der Waals surface area contributed by atoms with Crippen LogP contribution in [0.25, 0.3) is 0 Å². The van der Waals surface area contributed by atoms with E-state index in [1.54, 1.807) is 0 Å². The standard InChI is InChI=1S/C24H35N2/c1-5-24(26(3,4)6-2)16-17-25(22-14-8-7-9-15-22)23-18-20-12-10-11-13-21(20)19-23/h7-15,23-24H,5-6,16-19H2,1-4H3/q+1/t24-/m0/s1. The molecule has 1 aliphatic rings. The Kier molecular flexibility index (Phi) is 6.03. The Morgan fingerprint density at radius 2 is 1.50 bits per heavy atom. The molecule has 140 valence electrons. The topological polar surface area (TPSA) is 3.24 Å². The zero-order valence-corrected chi connectivity index (χ0v) is 17.0. The minimum atomic E-state index is 0.588. The first-order chi connectivity index (χ1) is 12.5. The molecule has 0 saturated carbocycles. The van der Waals surface area contributed by atoms with Gasteiger partial charge in [-0.25, -0.2) is 0 Å². The fourth-order valence-corrected chi connectivity index (χ4v) is 4.49. The number of anilines is 1. The average molecular weight is 352 g/mol. The molecule has 2 heteroatoms. The fraction of sp³-hybridized carbons (Fsp3) is 0.500. The molecule has 0 aliphatic heterocycles. The summed E-state index contributed by atoms with van der Waals surface area (Å²) in [4.78, 5) is 2.68. The zero-order chi connectivity index (χ0) is 18.6.